The van der Waals surface area contributed by atoms with Crippen molar-refractivity contribution < 1.29 is 23.8 Å². The molecular weight excluding hydrogens is 468 g/mol. The van der Waals surface area contributed by atoms with E-state index in [4.69, 9.17) is 9.15 Å². The third-order valence-corrected chi connectivity index (χ3v) is 6.35. The number of pyridine rings is 1. The molecule has 0 spiro atoms. The number of carbonyl (C=O) groups excluding carboxylic acids is 2. The van der Waals surface area contributed by atoms with Crippen molar-refractivity contribution >= 4 is 11.7 Å². The number of Topliss-reactive ketones (excluding diaryl/α,β-unsaturated/α-hetero) is 1. The van der Waals surface area contributed by atoms with Crippen molar-refractivity contribution in [3.8, 4) is 17.4 Å². The molecule has 7 heteroatoms. The molecular formula is C30H30N2O5. The Bertz CT molecular complexity index is 1360. The van der Waals surface area contributed by atoms with Crippen LogP contribution < -0.4 is 4.74 Å². The van der Waals surface area contributed by atoms with Gasteiger partial charge in [-0.15, -0.1) is 0 Å². The quantitative estimate of drug-likeness (QED) is 0.255. The first-order valence-corrected chi connectivity index (χ1v) is 12.2. The summed E-state index contributed by atoms with van der Waals surface area (Å²) in [6.45, 7) is 5.95. The average Bonchev–Trinajstić information content (AvgIpc) is 3.36. The molecule has 37 heavy (non-hydrogen) atoms. The highest BCUT2D eigenvalue weighted by molar-refractivity contribution is 5.96. The number of nitrogens with zero attached hydrogens (tertiary/aromatic N) is 2. The molecule has 1 N–H and O–H groups in total. The number of aromatic hydroxyl groups is 1. The molecule has 2 heterocycles. The normalized spacial score (nSPS) is 12.5. The lowest BCUT2D eigenvalue weighted by Gasteiger charge is -2.42. The number of rotatable bonds is 10. The fraction of sp³-hybridized carbons (Fsp3) is 0.233. The smallest absolute Gasteiger partial charge is 0.290 e. The zero-order valence-corrected chi connectivity index (χ0v) is 21.2. The fourth-order valence-corrected chi connectivity index (χ4v) is 4.51. The monoisotopic (exact) mass is 498 g/mol. The number of carbonyl (C=O) groups is 2. The maximum atomic E-state index is 13.9. The molecule has 1 amide bonds. The first-order valence-electron chi connectivity index (χ1n) is 12.2. The Labute approximate surface area is 216 Å². The van der Waals surface area contributed by atoms with Gasteiger partial charge in [-0.1, -0.05) is 43.3 Å². The van der Waals surface area contributed by atoms with E-state index < -0.39 is 5.54 Å². The molecule has 2 aromatic heterocycles. The van der Waals surface area contributed by atoms with Crippen LogP contribution in [-0.2, 0) is 12.0 Å². The van der Waals surface area contributed by atoms with Crippen LogP contribution in [0, 0.1) is 0 Å². The summed E-state index contributed by atoms with van der Waals surface area (Å²) in [5.74, 6) is 0.597. The van der Waals surface area contributed by atoms with Crippen molar-refractivity contribution in [3.63, 3.8) is 0 Å². The van der Waals surface area contributed by atoms with Crippen LogP contribution in [-0.4, -0.2) is 33.2 Å². The summed E-state index contributed by atoms with van der Waals surface area (Å²) in [5, 5.41) is 9.92. The Kier molecular flexibility index (Phi) is 7.72. The molecule has 190 valence electrons. The Hall–Kier alpha value is -4.39. The molecule has 4 rings (SSSR count). The minimum atomic E-state index is -0.858. The number of amides is 1. The topological polar surface area (TPSA) is 92.9 Å². The van der Waals surface area contributed by atoms with Crippen LogP contribution >= 0.6 is 0 Å². The molecule has 0 radical (unpaired) electrons. The minimum absolute atomic E-state index is 0.0414. The highest BCUT2D eigenvalue weighted by Crippen LogP contribution is 2.36. The lowest BCUT2D eigenvalue weighted by Crippen LogP contribution is -2.49. The second-order valence-electron chi connectivity index (χ2n) is 9.08. The third-order valence-electron chi connectivity index (χ3n) is 6.35. The number of furan rings is 1. The summed E-state index contributed by atoms with van der Waals surface area (Å²) in [4.78, 5) is 32.1. The zero-order valence-electron chi connectivity index (χ0n) is 21.2. The van der Waals surface area contributed by atoms with Crippen LogP contribution in [0.3, 0.4) is 0 Å². The number of ketones is 1. The highest BCUT2D eigenvalue weighted by Gasteiger charge is 2.39. The Morgan fingerprint density at radius 3 is 2.46 bits per heavy atom. The molecule has 0 saturated heterocycles. The van der Waals surface area contributed by atoms with Crippen molar-refractivity contribution in [2.75, 3.05) is 6.54 Å². The van der Waals surface area contributed by atoms with Crippen LogP contribution in [0.25, 0.3) is 0 Å². The second kappa shape index (κ2) is 11.1. The first-order chi connectivity index (χ1) is 17.8. The van der Waals surface area contributed by atoms with Gasteiger partial charge in [0.25, 0.3) is 11.9 Å². The average molecular weight is 499 g/mol. The lowest BCUT2D eigenvalue weighted by atomic mass is 9.81. The van der Waals surface area contributed by atoms with Crippen LogP contribution in [0.15, 0.2) is 89.6 Å². The van der Waals surface area contributed by atoms with Gasteiger partial charge in [-0.25, -0.2) is 0 Å². The fourth-order valence-electron chi connectivity index (χ4n) is 4.51. The van der Waals surface area contributed by atoms with Crippen LogP contribution in [0.4, 0.5) is 0 Å². The largest absolute Gasteiger partial charge is 0.508 e. The molecule has 0 bridgehead atoms. The van der Waals surface area contributed by atoms with E-state index in [9.17, 15) is 14.7 Å². The molecule has 0 saturated carbocycles. The van der Waals surface area contributed by atoms with Gasteiger partial charge in [-0.2, -0.15) is 0 Å². The Morgan fingerprint density at radius 1 is 1.03 bits per heavy atom. The molecule has 4 aromatic rings. The third kappa shape index (κ3) is 5.72. The molecule has 0 aliphatic carbocycles. The number of ether oxygens (including phenoxy) is 1. The van der Waals surface area contributed by atoms with Gasteiger partial charge in [0.15, 0.2) is 11.5 Å². The highest BCUT2D eigenvalue weighted by atomic mass is 16.6. The predicted molar refractivity (Wildman–Crippen MR) is 140 cm³/mol. The summed E-state index contributed by atoms with van der Waals surface area (Å²) < 4.78 is 11.5. The number of phenols is 1. The van der Waals surface area contributed by atoms with E-state index in [1.807, 2.05) is 32.0 Å². The number of aromatic nitrogens is 1. The van der Waals surface area contributed by atoms with Gasteiger partial charge in [-0.3, -0.25) is 14.6 Å². The molecule has 0 aliphatic heterocycles. The summed E-state index contributed by atoms with van der Waals surface area (Å²) in [6, 6.07) is 20.9. The van der Waals surface area contributed by atoms with Crippen molar-refractivity contribution in [2.24, 2.45) is 0 Å². The maximum absolute atomic E-state index is 13.9. The van der Waals surface area contributed by atoms with Crippen molar-refractivity contribution in [1.29, 1.82) is 0 Å². The van der Waals surface area contributed by atoms with E-state index in [-0.39, 0.29) is 29.1 Å². The molecule has 1 unspecified atom stereocenters. The van der Waals surface area contributed by atoms with E-state index >= 15 is 0 Å². The van der Waals surface area contributed by atoms with Gasteiger partial charge in [0.2, 0.25) is 0 Å². The summed E-state index contributed by atoms with van der Waals surface area (Å²) in [6.07, 6.45) is 4.29. The zero-order chi connectivity index (χ0) is 26.4. The molecule has 1 atom stereocenters. The number of hydrogen-bond acceptors (Lipinski definition) is 6. The SMILES string of the molecule is CCCN(C(=O)c1ccc(Oc2cccnc2)o1)C(C)(Cc1ccccc1C(C)=O)c1ccc(O)cc1. The first kappa shape index (κ1) is 25.7. The maximum Gasteiger partial charge on any atom is 0.290 e. The van der Waals surface area contributed by atoms with Crippen LogP contribution in [0.5, 0.6) is 17.4 Å². The molecule has 0 aliphatic rings. The van der Waals surface area contributed by atoms with Gasteiger partial charge >= 0.3 is 0 Å². The summed E-state index contributed by atoms with van der Waals surface area (Å²) >= 11 is 0. The molecule has 7 nitrogen and oxygen atoms in total. The van der Waals surface area contributed by atoms with E-state index in [0.717, 1.165) is 11.1 Å². The Morgan fingerprint density at radius 2 is 1.78 bits per heavy atom. The van der Waals surface area contributed by atoms with E-state index in [1.54, 1.807) is 78.8 Å². The molecule has 2 aromatic carbocycles. The van der Waals surface area contributed by atoms with Gasteiger partial charge in [0, 0.05) is 30.8 Å². The van der Waals surface area contributed by atoms with E-state index in [1.165, 1.54) is 0 Å². The number of phenolic OH excluding ortho intramolecular Hbond substituents is 1. The van der Waals surface area contributed by atoms with E-state index in [0.29, 0.717) is 30.7 Å². The van der Waals surface area contributed by atoms with Gasteiger partial charge in [-0.05, 0) is 61.7 Å². The summed E-state index contributed by atoms with van der Waals surface area (Å²) in [7, 11) is 0. The standard InChI is InChI=1S/C30H30N2O5/c1-4-18-32(29(35)27-15-16-28(37-27)36-25-9-7-17-31-20-25)30(3,23-11-13-24(34)14-12-23)19-22-8-5-6-10-26(22)21(2)33/h5-17,20,34H,4,18-19H2,1-3H3. The number of benzene rings is 2. The van der Waals surface area contributed by atoms with Crippen molar-refractivity contribution in [1.82, 2.24) is 9.88 Å². The number of hydrogen-bond donors (Lipinski definition) is 1. The predicted octanol–water partition coefficient (Wildman–Crippen LogP) is 6.39. The van der Waals surface area contributed by atoms with E-state index in [2.05, 4.69) is 4.98 Å². The van der Waals surface area contributed by atoms with Gasteiger partial charge < -0.3 is 19.2 Å². The minimum Gasteiger partial charge on any atom is -0.508 e. The molecule has 0 fully saturated rings. The van der Waals surface area contributed by atoms with Crippen molar-refractivity contribution in [3.05, 3.63) is 108 Å². The summed E-state index contributed by atoms with van der Waals surface area (Å²) in [5.41, 5.74) is 1.41. The van der Waals surface area contributed by atoms with Crippen LogP contribution in [0.1, 0.15) is 59.2 Å². The van der Waals surface area contributed by atoms with Crippen molar-refractivity contribution in [2.45, 2.75) is 39.2 Å². The van der Waals surface area contributed by atoms with Gasteiger partial charge in [0.1, 0.15) is 11.5 Å². The Balaban J connectivity index is 1.74. The van der Waals surface area contributed by atoms with Crippen LogP contribution in [0.2, 0.25) is 0 Å². The second-order valence-corrected chi connectivity index (χ2v) is 9.08. The van der Waals surface area contributed by atoms with Gasteiger partial charge in [0.05, 0.1) is 11.7 Å². The lowest BCUT2D eigenvalue weighted by molar-refractivity contribution is 0.0461.